The number of benzene rings is 3. The first-order valence-electron chi connectivity index (χ1n) is 11.4. The van der Waals surface area contributed by atoms with Crippen LogP contribution in [0.2, 0.25) is 15.1 Å². The molecule has 0 radical (unpaired) electrons. The highest BCUT2D eigenvalue weighted by Crippen LogP contribution is 2.33. The molecule has 3 aromatic carbocycles. The van der Waals surface area contributed by atoms with Crippen molar-refractivity contribution in [3.8, 4) is 0 Å². The predicted molar refractivity (Wildman–Crippen MR) is 148 cm³/mol. The average Bonchev–Trinajstić information content (AvgIpc) is 2.89. The normalized spacial score (nSPS) is 12.0. The highest BCUT2D eigenvalue weighted by atomic mass is 35.5. The van der Waals surface area contributed by atoms with E-state index in [0.29, 0.717) is 17.0 Å². The van der Waals surface area contributed by atoms with Gasteiger partial charge in [-0.1, -0.05) is 78.1 Å². The number of carbonyl (C=O) groups excluding carboxylic acids is 2. The van der Waals surface area contributed by atoms with Gasteiger partial charge in [-0.05, 0) is 48.4 Å². The van der Waals surface area contributed by atoms with Crippen LogP contribution in [-0.2, 0) is 26.2 Å². The molecule has 0 saturated carbocycles. The van der Waals surface area contributed by atoms with Gasteiger partial charge in [-0.25, -0.2) is 8.42 Å². The van der Waals surface area contributed by atoms with Gasteiger partial charge in [0.15, 0.2) is 0 Å². The number of nitrogens with one attached hydrogen (secondary N) is 1. The Morgan fingerprint density at radius 1 is 0.919 bits per heavy atom. The van der Waals surface area contributed by atoms with Crippen molar-refractivity contribution in [2.75, 3.05) is 17.9 Å². The van der Waals surface area contributed by atoms with Crippen molar-refractivity contribution in [1.82, 2.24) is 10.2 Å². The van der Waals surface area contributed by atoms with Gasteiger partial charge in [-0.3, -0.25) is 13.9 Å². The van der Waals surface area contributed by atoms with Crippen LogP contribution in [0.5, 0.6) is 0 Å². The predicted octanol–water partition coefficient (Wildman–Crippen LogP) is 5.40. The van der Waals surface area contributed by atoms with Crippen molar-refractivity contribution < 1.29 is 18.0 Å². The lowest BCUT2D eigenvalue weighted by Crippen LogP contribution is -2.51. The van der Waals surface area contributed by atoms with Crippen molar-refractivity contribution >= 4 is 62.3 Å². The molecule has 0 aliphatic carbocycles. The number of sulfonamides is 1. The summed E-state index contributed by atoms with van der Waals surface area (Å²) in [6.45, 7) is 1.13. The van der Waals surface area contributed by atoms with Crippen molar-refractivity contribution in [2.24, 2.45) is 0 Å². The summed E-state index contributed by atoms with van der Waals surface area (Å²) in [7, 11) is -2.77. The van der Waals surface area contributed by atoms with Crippen LogP contribution in [0.25, 0.3) is 0 Å². The van der Waals surface area contributed by atoms with Crippen molar-refractivity contribution in [2.45, 2.75) is 30.8 Å². The molecule has 1 N–H and O–H groups in total. The zero-order valence-corrected chi connectivity index (χ0v) is 23.3. The second-order valence-electron chi connectivity index (χ2n) is 8.07. The summed E-state index contributed by atoms with van der Waals surface area (Å²) in [5.74, 6) is -1.01. The van der Waals surface area contributed by atoms with E-state index in [1.54, 1.807) is 49.4 Å². The van der Waals surface area contributed by atoms with Crippen molar-refractivity contribution in [3.05, 3.63) is 93.4 Å². The fraction of sp³-hybridized carbons (Fsp3) is 0.231. The van der Waals surface area contributed by atoms with Gasteiger partial charge in [-0.2, -0.15) is 0 Å². The summed E-state index contributed by atoms with van der Waals surface area (Å²) in [5, 5.41) is 3.32. The Labute approximate surface area is 232 Å². The quantitative estimate of drug-likeness (QED) is 0.347. The van der Waals surface area contributed by atoms with E-state index in [1.807, 2.05) is 0 Å². The molecule has 0 aromatic heterocycles. The van der Waals surface area contributed by atoms with Crippen molar-refractivity contribution in [3.63, 3.8) is 0 Å². The highest BCUT2D eigenvalue weighted by molar-refractivity contribution is 7.92. The molecule has 0 aliphatic heterocycles. The Bertz CT molecular complexity index is 1370. The number of hydrogen-bond donors (Lipinski definition) is 1. The first kappa shape index (κ1) is 28.8. The summed E-state index contributed by atoms with van der Waals surface area (Å²) in [5.41, 5.74) is 0.648. The first-order chi connectivity index (χ1) is 17.6. The molecule has 11 heteroatoms. The molecule has 0 bridgehead atoms. The van der Waals surface area contributed by atoms with Gasteiger partial charge in [0.25, 0.3) is 10.0 Å². The van der Waals surface area contributed by atoms with E-state index in [4.69, 9.17) is 34.8 Å². The maximum absolute atomic E-state index is 13.9. The van der Waals surface area contributed by atoms with Gasteiger partial charge in [0.05, 0.1) is 15.6 Å². The number of hydrogen-bond acceptors (Lipinski definition) is 4. The average molecular weight is 583 g/mol. The molecule has 2 amide bonds. The Hall–Kier alpha value is -2.78. The van der Waals surface area contributed by atoms with E-state index in [-0.39, 0.29) is 33.1 Å². The lowest BCUT2D eigenvalue weighted by Gasteiger charge is -2.33. The van der Waals surface area contributed by atoms with Gasteiger partial charge in [0.1, 0.15) is 12.6 Å². The van der Waals surface area contributed by atoms with E-state index in [1.165, 1.54) is 42.3 Å². The molecular formula is C26H26Cl3N3O4S. The lowest BCUT2D eigenvalue weighted by atomic mass is 10.1. The minimum atomic E-state index is -4.25. The third-order valence-corrected chi connectivity index (χ3v) is 8.42. The van der Waals surface area contributed by atoms with Gasteiger partial charge in [0.2, 0.25) is 11.8 Å². The Balaban J connectivity index is 2.11. The number of rotatable bonds is 10. The molecule has 1 atom stereocenters. The third kappa shape index (κ3) is 6.76. The molecule has 0 aliphatic rings. The van der Waals surface area contributed by atoms with E-state index in [9.17, 15) is 18.0 Å². The van der Waals surface area contributed by atoms with Crippen LogP contribution in [0.4, 0.5) is 5.69 Å². The number of carbonyl (C=O) groups is 2. The van der Waals surface area contributed by atoms with Crippen LogP contribution < -0.4 is 9.62 Å². The molecule has 196 valence electrons. The fourth-order valence-corrected chi connectivity index (χ4v) is 5.88. The van der Waals surface area contributed by atoms with Crippen LogP contribution in [0, 0.1) is 0 Å². The third-order valence-electron chi connectivity index (χ3n) is 5.72. The topological polar surface area (TPSA) is 86.8 Å². The van der Waals surface area contributed by atoms with E-state index in [0.717, 1.165) is 4.31 Å². The van der Waals surface area contributed by atoms with E-state index in [2.05, 4.69) is 5.32 Å². The standard InChI is InChI=1S/C26H26Cl3N3O4S/c1-3-23(26(34)30-2)31(16-18-9-7-8-12-21(18)28)25(33)17-32(24-15-19(27)13-14-22(24)29)37(35,36)20-10-5-4-6-11-20/h4-15,23H,3,16-17H2,1-2H3,(H,30,34)/t23-/m0/s1. The van der Waals surface area contributed by atoms with Gasteiger partial charge in [-0.15, -0.1) is 0 Å². The van der Waals surface area contributed by atoms with Crippen LogP contribution in [0.3, 0.4) is 0 Å². The fourth-order valence-electron chi connectivity index (χ4n) is 3.81. The summed E-state index contributed by atoms with van der Waals surface area (Å²) in [6.07, 6.45) is 0.291. The molecule has 7 nitrogen and oxygen atoms in total. The van der Waals surface area contributed by atoms with E-state index >= 15 is 0 Å². The van der Waals surface area contributed by atoms with E-state index < -0.39 is 28.5 Å². The molecule has 0 unspecified atom stereocenters. The van der Waals surface area contributed by atoms with Crippen molar-refractivity contribution in [1.29, 1.82) is 0 Å². The minimum Gasteiger partial charge on any atom is -0.357 e. The molecule has 0 spiro atoms. The van der Waals surface area contributed by atoms with Crippen LogP contribution in [0.15, 0.2) is 77.7 Å². The largest absolute Gasteiger partial charge is 0.357 e. The Morgan fingerprint density at radius 2 is 1.57 bits per heavy atom. The second kappa shape index (κ2) is 12.6. The molecule has 0 fully saturated rings. The first-order valence-corrected chi connectivity index (χ1v) is 13.9. The zero-order chi connectivity index (χ0) is 27.2. The number of nitrogens with zero attached hydrogens (tertiary/aromatic N) is 2. The van der Waals surface area contributed by atoms with Crippen LogP contribution >= 0.6 is 34.8 Å². The summed E-state index contributed by atoms with van der Waals surface area (Å²) >= 11 is 18.9. The summed E-state index contributed by atoms with van der Waals surface area (Å²) in [6, 6.07) is 18.1. The van der Waals surface area contributed by atoms with Crippen LogP contribution in [-0.4, -0.2) is 44.8 Å². The maximum atomic E-state index is 13.9. The molecule has 0 saturated heterocycles. The maximum Gasteiger partial charge on any atom is 0.264 e. The van der Waals surface area contributed by atoms with Crippen LogP contribution in [0.1, 0.15) is 18.9 Å². The smallest absolute Gasteiger partial charge is 0.264 e. The number of likely N-dealkylation sites (N-methyl/N-ethyl adjacent to an activating group) is 1. The number of anilines is 1. The molecular weight excluding hydrogens is 557 g/mol. The molecule has 37 heavy (non-hydrogen) atoms. The SMILES string of the molecule is CC[C@@H](C(=O)NC)N(Cc1ccccc1Cl)C(=O)CN(c1cc(Cl)ccc1Cl)S(=O)(=O)c1ccccc1. The molecule has 3 rings (SSSR count). The molecule has 0 heterocycles. The Kier molecular flexibility index (Phi) is 9.84. The summed E-state index contributed by atoms with van der Waals surface area (Å²) in [4.78, 5) is 27.9. The minimum absolute atomic E-state index is 0.00701. The monoisotopic (exact) mass is 581 g/mol. The molecule has 3 aromatic rings. The van der Waals surface area contributed by atoms with Gasteiger partial charge < -0.3 is 10.2 Å². The zero-order valence-electron chi connectivity index (χ0n) is 20.2. The summed E-state index contributed by atoms with van der Waals surface area (Å²) < 4.78 is 28.4. The number of amides is 2. The lowest BCUT2D eigenvalue weighted by molar-refractivity contribution is -0.140. The highest BCUT2D eigenvalue weighted by Gasteiger charge is 2.34. The number of halogens is 3. The van der Waals surface area contributed by atoms with Gasteiger partial charge >= 0.3 is 0 Å². The van der Waals surface area contributed by atoms with Gasteiger partial charge in [0, 0.05) is 23.6 Å². The Morgan fingerprint density at radius 3 is 2.19 bits per heavy atom. The second-order valence-corrected chi connectivity index (χ2v) is 11.2.